The van der Waals surface area contributed by atoms with Crippen molar-refractivity contribution in [2.24, 2.45) is 0 Å². The third-order valence-corrected chi connectivity index (χ3v) is 4.62. The van der Waals surface area contributed by atoms with Crippen LogP contribution < -0.4 is 0 Å². The molecule has 0 aromatic heterocycles. The molecule has 2 aromatic carbocycles. The zero-order valence-electron chi connectivity index (χ0n) is 13.6. The fraction of sp³-hybridized carbons (Fsp3) is 0.421. The van der Waals surface area contributed by atoms with Gasteiger partial charge in [-0.15, -0.1) is 0 Å². The van der Waals surface area contributed by atoms with Crippen LogP contribution in [0.1, 0.15) is 29.8 Å². The quantitative estimate of drug-likeness (QED) is 0.813. The number of ether oxygens (including phenoxy) is 1. The summed E-state index contributed by atoms with van der Waals surface area (Å²) >= 11 is 0. The fourth-order valence-electron chi connectivity index (χ4n) is 3.13. The lowest BCUT2D eigenvalue weighted by Gasteiger charge is -2.39. The number of morpholine rings is 1. The molecule has 2 aromatic rings. The monoisotopic (exact) mass is 297 g/mol. The van der Waals surface area contributed by atoms with Crippen molar-refractivity contribution in [1.29, 1.82) is 0 Å². The SMILES string of the molecule is Cc1ccc2cc(C(=O)C(C)(C)N3CCOCC3)ccc2c1. The standard InChI is InChI=1S/C19H23NO2/c1-14-4-5-16-13-17(7-6-15(16)12-14)18(21)19(2,3)20-8-10-22-11-9-20/h4-7,12-13H,8-11H2,1-3H3. The zero-order chi connectivity index (χ0) is 15.7. The number of ketones is 1. The molecule has 0 unspecified atom stereocenters. The highest BCUT2D eigenvalue weighted by molar-refractivity contribution is 6.05. The topological polar surface area (TPSA) is 29.5 Å². The van der Waals surface area contributed by atoms with Gasteiger partial charge in [0.25, 0.3) is 0 Å². The number of hydrogen-bond donors (Lipinski definition) is 0. The van der Waals surface area contributed by atoms with E-state index >= 15 is 0 Å². The Kier molecular flexibility index (Phi) is 4.02. The lowest BCUT2D eigenvalue weighted by molar-refractivity contribution is -0.00429. The molecule has 1 aliphatic rings. The molecule has 0 radical (unpaired) electrons. The second-order valence-electron chi connectivity index (χ2n) is 6.55. The summed E-state index contributed by atoms with van der Waals surface area (Å²) in [5.74, 6) is 0.178. The minimum atomic E-state index is -0.498. The normalized spacial score (nSPS) is 16.9. The van der Waals surface area contributed by atoms with Crippen LogP contribution in [0.4, 0.5) is 0 Å². The molecule has 0 atom stereocenters. The predicted octanol–water partition coefficient (Wildman–Crippen LogP) is 3.44. The lowest BCUT2D eigenvalue weighted by atomic mass is 9.89. The van der Waals surface area contributed by atoms with Gasteiger partial charge in [-0.05, 0) is 37.6 Å². The van der Waals surface area contributed by atoms with Gasteiger partial charge in [-0.3, -0.25) is 9.69 Å². The molecule has 0 saturated carbocycles. The first-order valence-corrected chi connectivity index (χ1v) is 7.86. The number of carbonyl (C=O) groups is 1. The highest BCUT2D eigenvalue weighted by Crippen LogP contribution is 2.24. The van der Waals surface area contributed by atoms with Crippen LogP contribution in [0.15, 0.2) is 36.4 Å². The summed E-state index contributed by atoms with van der Waals surface area (Å²) in [5.41, 5.74) is 1.52. The Morgan fingerprint density at radius 1 is 1.05 bits per heavy atom. The van der Waals surface area contributed by atoms with Crippen molar-refractivity contribution in [3.63, 3.8) is 0 Å². The number of rotatable bonds is 3. The maximum atomic E-state index is 13.0. The predicted molar refractivity (Wildman–Crippen MR) is 89.5 cm³/mol. The van der Waals surface area contributed by atoms with E-state index in [-0.39, 0.29) is 5.78 Å². The van der Waals surface area contributed by atoms with E-state index < -0.39 is 5.54 Å². The molecule has 0 spiro atoms. The second-order valence-corrected chi connectivity index (χ2v) is 6.55. The second kappa shape index (κ2) is 5.82. The van der Waals surface area contributed by atoms with Crippen LogP contribution in [0, 0.1) is 6.92 Å². The van der Waals surface area contributed by atoms with Crippen molar-refractivity contribution in [1.82, 2.24) is 4.90 Å². The molecule has 0 bridgehead atoms. The summed E-state index contributed by atoms with van der Waals surface area (Å²) in [4.78, 5) is 15.2. The van der Waals surface area contributed by atoms with Crippen molar-refractivity contribution in [2.75, 3.05) is 26.3 Å². The number of aryl methyl sites for hydroxylation is 1. The molecule has 1 aliphatic heterocycles. The molecular weight excluding hydrogens is 274 g/mol. The van der Waals surface area contributed by atoms with Gasteiger partial charge in [0.1, 0.15) is 0 Å². The molecule has 3 heteroatoms. The molecule has 116 valence electrons. The summed E-state index contributed by atoms with van der Waals surface area (Å²) in [5, 5.41) is 2.30. The largest absolute Gasteiger partial charge is 0.379 e. The van der Waals surface area contributed by atoms with Crippen LogP contribution in [0.3, 0.4) is 0 Å². The lowest BCUT2D eigenvalue weighted by Crippen LogP contribution is -2.54. The summed E-state index contributed by atoms with van der Waals surface area (Å²) < 4.78 is 5.40. The average Bonchev–Trinajstić information content (AvgIpc) is 2.54. The molecule has 22 heavy (non-hydrogen) atoms. The van der Waals surface area contributed by atoms with E-state index in [1.165, 1.54) is 10.9 Å². The molecule has 0 N–H and O–H groups in total. The summed E-state index contributed by atoms with van der Waals surface area (Å²) in [6.07, 6.45) is 0. The van der Waals surface area contributed by atoms with Crippen molar-refractivity contribution >= 4 is 16.6 Å². The van der Waals surface area contributed by atoms with Gasteiger partial charge in [-0.25, -0.2) is 0 Å². The van der Waals surface area contributed by atoms with E-state index in [2.05, 4.69) is 30.0 Å². The average molecular weight is 297 g/mol. The van der Waals surface area contributed by atoms with Crippen LogP contribution in [0.25, 0.3) is 10.8 Å². The van der Waals surface area contributed by atoms with Crippen LogP contribution in [0.5, 0.6) is 0 Å². The van der Waals surface area contributed by atoms with Gasteiger partial charge in [-0.2, -0.15) is 0 Å². The maximum Gasteiger partial charge on any atom is 0.182 e. The molecule has 1 heterocycles. The van der Waals surface area contributed by atoms with E-state index in [1.54, 1.807) is 0 Å². The Bertz CT molecular complexity index is 700. The number of benzene rings is 2. The Morgan fingerprint density at radius 2 is 1.68 bits per heavy atom. The van der Waals surface area contributed by atoms with Gasteiger partial charge in [0.2, 0.25) is 0 Å². The molecule has 0 amide bonds. The third-order valence-electron chi connectivity index (χ3n) is 4.62. The Balaban J connectivity index is 1.92. The minimum absolute atomic E-state index is 0.178. The Morgan fingerprint density at radius 3 is 2.41 bits per heavy atom. The van der Waals surface area contributed by atoms with Gasteiger partial charge in [0.15, 0.2) is 5.78 Å². The molecule has 3 nitrogen and oxygen atoms in total. The van der Waals surface area contributed by atoms with E-state index in [1.807, 2.05) is 32.0 Å². The van der Waals surface area contributed by atoms with E-state index in [9.17, 15) is 4.79 Å². The number of carbonyl (C=O) groups excluding carboxylic acids is 1. The van der Waals surface area contributed by atoms with Crippen LogP contribution >= 0.6 is 0 Å². The molecular formula is C19H23NO2. The van der Waals surface area contributed by atoms with E-state index in [0.29, 0.717) is 13.2 Å². The maximum absolute atomic E-state index is 13.0. The van der Waals surface area contributed by atoms with Gasteiger partial charge in [0.05, 0.1) is 18.8 Å². The first kappa shape index (κ1) is 15.2. The first-order chi connectivity index (χ1) is 10.5. The van der Waals surface area contributed by atoms with Crippen molar-refractivity contribution in [3.05, 3.63) is 47.5 Å². The van der Waals surface area contributed by atoms with Crippen LogP contribution in [0.2, 0.25) is 0 Å². The summed E-state index contributed by atoms with van der Waals surface area (Å²) in [6, 6.07) is 12.3. The van der Waals surface area contributed by atoms with Crippen molar-refractivity contribution in [2.45, 2.75) is 26.3 Å². The van der Waals surface area contributed by atoms with Crippen molar-refractivity contribution < 1.29 is 9.53 Å². The summed E-state index contributed by atoms with van der Waals surface area (Å²) in [6.45, 7) is 9.14. The van der Waals surface area contributed by atoms with Crippen molar-refractivity contribution in [3.8, 4) is 0 Å². The molecule has 0 aliphatic carbocycles. The van der Waals surface area contributed by atoms with Crippen LogP contribution in [-0.4, -0.2) is 42.5 Å². The van der Waals surface area contributed by atoms with E-state index in [0.717, 1.165) is 24.0 Å². The number of Topliss-reactive ketones (excluding diaryl/α,β-unsaturated/α-hetero) is 1. The number of nitrogens with zero attached hydrogens (tertiary/aromatic N) is 1. The highest BCUT2D eigenvalue weighted by atomic mass is 16.5. The first-order valence-electron chi connectivity index (χ1n) is 7.86. The summed E-state index contributed by atoms with van der Waals surface area (Å²) in [7, 11) is 0. The number of hydrogen-bond acceptors (Lipinski definition) is 3. The van der Waals surface area contributed by atoms with Gasteiger partial charge in [-0.1, -0.05) is 35.9 Å². The third kappa shape index (κ3) is 2.79. The minimum Gasteiger partial charge on any atom is -0.379 e. The van der Waals surface area contributed by atoms with E-state index in [4.69, 9.17) is 4.74 Å². The van der Waals surface area contributed by atoms with Gasteiger partial charge < -0.3 is 4.74 Å². The number of fused-ring (bicyclic) bond motifs is 1. The molecule has 1 saturated heterocycles. The Labute approximate surface area is 131 Å². The smallest absolute Gasteiger partial charge is 0.182 e. The van der Waals surface area contributed by atoms with Gasteiger partial charge >= 0.3 is 0 Å². The highest BCUT2D eigenvalue weighted by Gasteiger charge is 2.35. The Hall–Kier alpha value is -1.71. The zero-order valence-corrected chi connectivity index (χ0v) is 13.6. The van der Waals surface area contributed by atoms with Crippen LogP contribution in [-0.2, 0) is 4.74 Å². The molecule has 1 fully saturated rings. The molecule has 3 rings (SSSR count). The fourth-order valence-corrected chi connectivity index (χ4v) is 3.13. The van der Waals surface area contributed by atoms with Gasteiger partial charge in [0, 0.05) is 18.7 Å².